The van der Waals surface area contributed by atoms with Crippen LogP contribution in [0.2, 0.25) is 0 Å². The Morgan fingerprint density at radius 2 is 1.82 bits per heavy atom. The number of carbonyl (C=O) groups is 2. The van der Waals surface area contributed by atoms with Crippen molar-refractivity contribution in [1.29, 1.82) is 0 Å². The number of rotatable bonds is 7. The minimum Gasteiger partial charge on any atom is -0.493 e. The lowest BCUT2D eigenvalue weighted by Crippen LogP contribution is -2.51. The Bertz CT molecular complexity index is 532. The highest BCUT2D eigenvalue weighted by Crippen LogP contribution is 2.27. The SMILES string of the molecule is COc1ccc(CNC(=O)[C@H](NC(N)=O)C(C)C)cc1OC. The molecule has 0 aromatic heterocycles. The van der Waals surface area contributed by atoms with E-state index in [1.165, 1.54) is 0 Å². The molecule has 0 saturated carbocycles. The molecule has 3 amide bonds. The molecule has 0 fully saturated rings. The summed E-state index contributed by atoms with van der Waals surface area (Å²) in [6.07, 6.45) is 0. The van der Waals surface area contributed by atoms with E-state index in [9.17, 15) is 9.59 Å². The highest BCUT2D eigenvalue weighted by Gasteiger charge is 2.23. The van der Waals surface area contributed by atoms with Crippen molar-refractivity contribution in [3.8, 4) is 11.5 Å². The van der Waals surface area contributed by atoms with E-state index in [1.54, 1.807) is 26.4 Å². The van der Waals surface area contributed by atoms with E-state index in [2.05, 4.69) is 10.6 Å². The van der Waals surface area contributed by atoms with Gasteiger partial charge < -0.3 is 25.8 Å². The normalized spacial score (nSPS) is 11.7. The van der Waals surface area contributed by atoms with Crippen LogP contribution in [-0.4, -0.2) is 32.2 Å². The van der Waals surface area contributed by atoms with Gasteiger partial charge in [0.1, 0.15) is 6.04 Å². The van der Waals surface area contributed by atoms with Gasteiger partial charge in [-0.25, -0.2) is 4.79 Å². The Kier molecular flexibility index (Phi) is 6.49. The fourth-order valence-electron chi connectivity index (χ4n) is 1.98. The van der Waals surface area contributed by atoms with Crippen molar-refractivity contribution >= 4 is 11.9 Å². The van der Waals surface area contributed by atoms with E-state index < -0.39 is 12.1 Å². The summed E-state index contributed by atoms with van der Waals surface area (Å²) < 4.78 is 10.4. The van der Waals surface area contributed by atoms with Crippen LogP contribution in [-0.2, 0) is 11.3 Å². The smallest absolute Gasteiger partial charge is 0.312 e. The lowest BCUT2D eigenvalue weighted by atomic mass is 10.0. The second-order valence-corrected chi connectivity index (χ2v) is 5.14. The molecule has 0 aliphatic rings. The van der Waals surface area contributed by atoms with E-state index in [-0.39, 0.29) is 11.8 Å². The van der Waals surface area contributed by atoms with Crippen molar-refractivity contribution in [3.05, 3.63) is 23.8 Å². The minimum absolute atomic E-state index is 0.0714. The van der Waals surface area contributed by atoms with Crippen molar-refractivity contribution in [3.63, 3.8) is 0 Å². The molecule has 7 nitrogen and oxygen atoms in total. The van der Waals surface area contributed by atoms with Crippen LogP contribution in [0, 0.1) is 5.92 Å². The predicted molar refractivity (Wildman–Crippen MR) is 82.7 cm³/mol. The number of carbonyl (C=O) groups excluding carboxylic acids is 2. The maximum atomic E-state index is 12.1. The molecule has 0 unspecified atom stereocenters. The number of primary amides is 1. The van der Waals surface area contributed by atoms with E-state index >= 15 is 0 Å². The van der Waals surface area contributed by atoms with Gasteiger partial charge in [0.25, 0.3) is 0 Å². The summed E-state index contributed by atoms with van der Waals surface area (Å²) in [7, 11) is 3.10. The maximum Gasteiger partial charge on any atom is 0.312 e. The summed E-state index contributed by atoms with van der Waals surface area (Å²) in [5.74, 6) is 0.847. The van der Waals surface area contributed by atoms with Crippen LogP contribution in [0.1, 0.15) is 19.4 Å². The Balaban J connectivity index is 2.72. The van der Waals surface area contributed by atoms with Crippen LogP contribution < -0.4 is 25.8 Å². The second kappa shape index (κ2) is 8.11. The minimum atomic E-state index is -0.722. The molecule has 0 heterocycles. The molecule has 122 valence electrons. The molecule has 1 rings (SSSR count). The number of hydrogen-bond acceptors (Lipinski definition) is 4. The molecule has 0 saturated heterocycles. The summed E-state index contributed by atoms with van der Waals surface area (Å²) >= 11 is 0. The number of nitrogens with two attached hydrogens (primary N) is 1. The fourth-order valence-corrected chi connectivity index (χ4v) is 1.98. The first-order valence-corrected chi connectivity index (χ1v) is 6.93. The number of hydrogen-bond donors (Lipinski definition) is 3. The molecule has 1 aromatic rings. The van der Waals surface area contributed by atoms with Crippen LogP contribution in [0.4, 0.5) is 4.79 Å². The summed E-state index contributed by atoms with van der Waals surface area (Å²) in [4.78, 5) is 23.1. The molecule has 0 bridgehead atoms. The third kappa shape index (κ3) is 4.83. The van der Waals surface area contributed by atoms with Crippen molar-refractivity contribution in [1.82, 2.24) is 10.6 Å². The number of ether oxygens (including phenoxy) is 2. The summed E-state index contributed by atoms with van der Waals surface area (Å²) in [5, 5.41) is 5.21. The third-order valence-electron chi connectivity index (χ3n) is 3.16. The average Bonchev–Trinajstić information content (AvgIpc) is 2.49. The maximum absolute atomic E-state index is 12.1. The zero-order valence-corrected chi connectivity index (χ0v) is 13.3. The van der Waals surface area contributed by atoms with E-state index in [1.807, 2.05) is 19.9 Å². The van der Waals surface area contributed by atoms with Crippen LogP contribution in [0.3, 0.4) is 0 Å². The van der Waals surface area contributed by atoms with Gasteiger partial charge in [0.2, 0.25) is 5.91 Å². The first kappa shape index (κ1) is 17.6. The molecule has 1 aromatic carbocycles. The average molecular weight is 309 g/mol. The molecule has 0 aliphatic carbocycles. The molecular weight excluding hydrogens is 286 g/mol. The summed E-state index contributed by atoms with van der Waals surface area (Å²) in [6, 6.07) is 3.98. The second-order valence-electron chi connectivity index (χ2n) is 5.14. The topological polar surface area (TPSA) is 103 Å². The Morgan fingerprint density at radius 3 is 2.32 bits per heavy atom. The van der Waals surface area contributed by atoms with Gasteiger partial charge in [-0.2, -0.15) is 0 Å². The molecule has 1 atom stereocenters. The van der Waals surface area contributed by atoms with Gasteiger partial charge in [0.15, 0.2) is 11.5 Å². The third-order valence-corrected chi connectivity index (χ3v) is 3.16. The zero-order chi connectivity index (χ0) is 16.7. The van der Waals surface area contributed by atoms with Gasteiger partial charge in [-0.05, 0) is 23.6 Å². The molecule has 0 spiro atoms. The van der Waals surface area contributed by atoms with E-state index in [0.29, 0.717) is 18.0 Å². The quantitative estimate of drug-likeness (QED) is 0.699. The fraction of sp³-hybridized carbons (Fsp3) is 0.467. The molecule has 4 N–H and O–H groups in total. The number of amides is 3. The van der Waals surface area contributed by atoms with Crippen LogP contribution >= 0.6 is 0 Å². The van der Waals surface area contributed by atoms with Gasteiger partial charge in [-0.1, -0.05) is 19.9 Å². The monoisotopic (exact) mass is 309 g/mol. The number of nitrogens with one attached hydrogen (secondary N) is 2. The molecular formula is C15H23N3O4. The van der Waals surface area contributed by atoms with E-state index in [4.69, 9.17) is 15.2 Å². The number of benzene rings is 1. The van der Waals surface area contributed by atoms with Crippen LogP contribution in [0.25, 0.3) is 0 Å². The van der Waals surface area contributed by atoms with Crippen LogP contribution in [0.5, 0.6) is 11.5 Å². The lowest BCUT2D eigenvalue weighted by molar-refractivity contribution is -0.124. The molecule has 0 radical (unpaired) electrons. The van der Waals surface area contributed by atoms with Gasteiger partial charge in [-0.15, -0.1) is 0 Å². The highest BCUT2D eigenvalue weighted by atomic mass is 16.5. The number of methoxy groups -OCH3 is 2. The standard InChI is InChI=1S/C15H23N3O4/c1-9(2)13(18-15(16)20)14(19)17-8-10-5-6-11(21-3)12(7-10)22-4/h5-7,9,13H,8H2,1-4H3,(H,17,19)(H3,16,18,20)/t13-/m1/s1. The molecule has 22 heavy (non-hydrogen) atoms. The Labute approximate surface area is 130 Å². The van der Waals surface area contributed by atoms with Crippen molar-refractivity contribution < 1.29 is 19.1 Å². The molecule has 7 heteroatoms. The van der Waals surface area contributed by atoms with Gasteiger partial charge in [0.05, 0.1) is 14.2 Å². The Hall–Kier alpha value is -2.44. The first-order valence-electron chi connectivity index (χ1n) is 6.93. The van der Waals surface area contributed by atoms with E-state index in [0.717, 1.165) is 5.56 Å². The van der Waals surface area contributed by atoms with Crippen LogP contribution in [0.15, 0.2) is 18.2 Å². The summed E-state index contributed by atoms with van der Waals surface area (Å²) in [5.41, 5.74) is 5.94. The zero-order valence-electron chi connectivity index (χ0n) is 13.3. The highest BCUT2D eigenvalue weighted by molar-refractivity contribution is 5.86. The van der Waals surface area contributed by atoms with Gasteiger partial charge in [-0.3, -0.25) is 4.79 Å². The predicted octanol–water partition coefficient (Wildman–Crippen LogP) is 1.01. The Morgan fingerprint density at radius 1 is 1.18 bits per heavy atom. The number of urea groups is 1. The molecule has 0 aliphatic heterocycles. The van der Waals surface area contributed by atoms with Gasteiger partial charge in [0, 0.05) is 6.54 Å². The van der Waals surface area contributed by atoms with Crippen molar-refractivity contribution in [2.75, 3.05) is 14.2 Å². The van der Waals surface area contributed by atoms with Crippen molar-refractivity contribution in [2.24, 2.45) is 11.7 Å². The first-order chi connectivity index (χ1) is 10.4. The van der Waals surface area contributed by atoms with Gasteiger partial charge >= 0.3 is 6.03 Å². The lowest BCUT2D eigenvalue weighted by Gasteiger charge is -2.20. The summed E-state index contributed by atoms with van der Waals surface area (Å²) in [6.45, 7) is 3.97. The van der Waals surface area contributed by atoms with Crippen molar-refractivity contribution in [2.45, 2.75) is 26.4 Å². The largest absolute Gasteiger partial charge is 0.493 e.